The maximum absolute atomic E-state index is 12.6. The van der Waals surface area contributed by atoms with E-state index in [1.54, 1.807) is 13.8 Å². The van der Waals surface area contributed by atoms with Crippen LogP contribution in [0, 0.1) is 16.7 Å². The second-order valence-electron chi connectivity index (χ2n) is 6.35. The Morgan fingerprint density at radius 3 is 2.73 bits per heavy atom. The molecule has 3 aliphatic rings. The molecular formula is C16H19NO5. The summed E-state index contributed by atoms with van der Waals surface area (Å²) in [6.45, 7) is 3.57. The van der Waals surface area contributed by atoms with Crippen molar-refractivity contribution < 1.29 is 23.9 Å². The van der Waals surface area contributed by atoms with Gasteiger partial charge in [-0.1, -0.05) is 12.0 Å². The van der Waals surface area contributed by atoms with E-state index in [0.29, 0.717) is 24.8 Å². The van der Waals surface area contributed by atoms with Crippen LogP contribution in [0.15, 0.2) is 11.6 Å². The van der Waals surface area contributed by atoms with Crippen LogP contribution in [0.5, 0.6) is 0 Å². The average molecular weight is 305 g/mol. The maximum Gasteiger partial charge on any atom is 0.322 e. The van der Waals surface area contributed by atoms with Gasteiger partial charge in [0, 0.05) is 12.3 Å². The normalized spacial score (nSPS) is 37.1. The molecule has 0 aromatic carbocycles. The standard InChI is InChI=1S/C16H19NO5/c1-3-22-14(21)16-6-4-5-15(12(19)17-13(16)20)9(2)7-10(18)8-11(15)16/h7,11H,3-6,8H2,1-2H3,(H,17,19,20)/t11-,15-,16+/m1/s1. The summed E-state index contributed by atoms with van der Waals surface area (Å²) in [6, 6.07) is 0. The highest BCUT2D eigenvalue weighted by Crippen LogP contribution is 2.60. The summed E-state index contributed by atoms with van der Waals surface area (Å²) in [5.74, 6) is -2.39. The molecule has 6 heteroatoms. The van der Waals surface area contributed by atoms with E-state index in [1.165, 1.54) is 6.08 Å². The van der Waals surface area contributed by atoms with Crippen LogP contribution in [0.1, 0.15) is 39.5 Å². The largest absolute Gasteiger partial charge is 0.465 e. The monoisotopic (exact) mass is 305 g/mol. The molecule has 0 spiro atoms. The lowest BCUT2D eigenvalue weighted by atomic mass is 9.47. The fourth-order valence-electron chi connectivity index (χ4n) is 4.51. The molecule has 6 nitrogen and oxygen atoms in total. The van der Waals surface area contributed by atoms with E-state index < -0.39 is 28.6 Å². The SMILES string of the molecule is CCOC(=O)[C@]12CCC[C@@]3(C(=O)NC1=O)C(C)=CC(=O)C[C@@H]23. The Labute approximate surface area is 128 Å². The lowest BCUT2D eigenvalue weighted by molar-refractivity contribution is -0.182. The van der Waals surface area contributed by atoms with E-state index >= 15 is 0 Å². The Kier molecular flexibility index (Phi) is 3.23. The topological polar surface area (TPSA) is 89.5 Å². The van der Waals surface area contributed by atoms with E-state index in [4.69, 9.17) is 4.74 Å². The van der Waals surface area contributed by atoms with Crippen LogP contribution in [0.3, 0.4) is 0 Å². The molecule has 0 unspecified atom stereocenters. The van der Waals surface area contributed by atoms with Gasteiger partial charge in [-0.15, -0.1) is 0 Å². The molecule has 1 heterocycles. The van der Waals surface area contributed by atoms with Gasteiger partial charge in [0.1, 0.15) is 0 Å². The second-order valence-corrected chi connectivity index (χ2v) is 6.35. The van der Waals surface area contributed by atoms with Gasteiger partial charge in [0.2, 0.25) is 11.8 Å². The molecule has 2 bridgehead atoms. The third-order valence-corrected chi connectivity index (χ3v) is 5.50. The van der Waals surface area contributed by atoms with Crippen molar-refractivity contribution in [1.29, 1.82) is 0 Å². The molecule has 3 rings (SSSR count). The highest BCUT2D eigenvalue weighted by molar-refractivity contribution is 6.15. The predicted octanol–water partition coefficient (Wildman–Crippen LogP) is 0.898. The van der Waals surface area contributed by atoms with Crippen molar-refractivity contribution in [1.82, 2.24) is 5.32 Å². The van der Waals surface area contributed by atoms with Gasteiger partial charge in [0.05, 0.1) is 12.0 Å². The quantitative estimate of drug-likeness (QED) is 0.465. The molecule has 2 amide bonds. The van der Waals surface area contributed by atoms with E-state index in [0.717, 1.165) is 0 Å². The number of carbonyl (C=O) groups excluding carboxylic acids is 4. The minimum Gasteiger partial charge on any atom is -0.465 e. The van der Waals surface area contributed by atoms with Gasteiger partial charge < -0.3 is 4.74 Å². The highest BCUT2D eigenvalue weighted by atomic mass is 16.5. The van der Waals surface area contributed by atoms with Crippen molar-refractivity contribution in [3.8, 4) is 0 Å². The zero-order valence-electron chi connectivity index (χ0n) is 12.7. The number of carbonyl (C=O) groups is 4. The fourth-order valence-corrected chi connectivity index (χ4v) is 4.51. The van der Waals surface area contributed by atoms with Crippen molar-refractivity contribution in [2.24, 2.45) is 16.7 Å². The Bertz CT molecular complexity index is 622. The zero-order chi connectivity index (χ0) is 16.1. The number of imide groups is 1. The summed E-state index contributed by atoms with van der Waals surface area (Å²) in [4.78, 5) is 49.7. The number of ether oxygens (including phenoxy) is 1. The second kappa shape index (κ2) is 4.76. The Balaban J connectivity index is 2.20. The van der Waals surface area contributed by atoms with Crippen molar-refractivity contribution in [2.75, 3.05) is 6.61 Å². The molecule has 0 radical (unpaired) electrons. The van der Waals surface area contributed by atoms with Gasteiger partial charge in [0.25, 0.3) is 0 Å². The molecule has 1 saturated heterocycles. The molecule has 0 aromatic heterocycles. The first-order chi connectivity index (χ1) is 10.4. The van der Waals surface area contributed by atoms with Gasteiger partial charge in [-0.05, 0) is 32.8 Å². The number of rotatable bonds is 2. The lowest BCUT2D eigenvalue weighted by Gasteiger charge is -2.56. The molecule has 1 N–H and O–H groups in total. The number of amides is 2. The Morgan fingerprint density at radius 2 is 2.05 bits per heavy atom. The van der Waals surface area contributed by atoms with E-state index in [2.05, 4.69) is 5.32 Å². The predicted molar refractivity (Wildman–Crippen MR) is 75.4 cm³/mol. The Hall–Kier alpha value is -1.98. The zero-order valence-corrected chi connectivity index (χ0v) is 12.7. The van der Waals surface area contributed by atoms with Crippen LogP contribution in [-0.2, 0) is 23.9 Å². The van der Waals surface area contributed by atoms with Gasteiger partial charge >= 0.3 is 5.97 Å². The van der Waals surface area contributed by atoms with Crippen molar-refractivity contribution >= 4 is 23.6 Å². The minimum atomic E-state index is -1.42. The molecule has 118 valence electrons. The number of ketones is 1. The van der Waals surface area contributed by atoms with Crippen LogP contribution in [0.25, 0.3) is 0 Å². The first-order valence-electron chi connectivity index (χ1n) is 7.64. The lowest BCUT2D eigenvalue weighted by Crippen LogP contribution is -2.70. The average Bonchev–Trinajstić information content (AvgIpc) is 2.45. The molecule has 1 saturated carbocycles. The minimum absolute atomic E-state index is 0.0370. The summed E-state index contributed by atoms with van der Waals surface area (Å²) in [6.07, 6.45) is 2.96. The third-order valence-electron chi connectivity index (χ3n) is 5.50. The van der Waals surface area contributed by atoms with Gasteiger partial charge in [0.15, 0.2) is 11.2 Å². The maximum atomic E-state index is 12.6. The molecule has 2 fully saturated rings. The van der Waals surface area contributed by atoms with Crippen molar-refractivity contribution in [3.63, 3.8) is 0 Å². The van der Waals surface area contributed by atoms with Gasteiger partial charge in [-0.3, -0.25) is 24.5 Å². The number of hydrogen-bond donors (Lipinski definition) is 1. The van der Waals surface area contributed by atoms with Gasteiger partial charge in [-0.2, -0.15) is 0 Å². The van der Waals surface area contributed by atoms with Crippen LogP contribution < -0.4 is 5.32 Å². The number of allylic oxidation sites excluding steroid dienone is 1. The molecule has 3 atom stereocenters. The Morgan fingerprint density at radius 1 is 1.32 bits per heavy atom. The summed E-state index contributed by atoms with van der Waals surface area (Å²) in [5.41, 5.74) is -1.72. The molecule has 22 heavy (non-hydrogen) atoms. The van der Waals surface area contributed by atoms with E-state index in [-0.39, 0.29) is 24.7 Å². The number of hydrogen-bond acceptors (Lipinski definition) is 5. The van der Waals surface area contributed by atoms with Crippen LogP contribution >= 0.6 is 0 Å². The first kappa shape index (κ1) is 14.9. The summed E-state index contributed by atoms with van der Waals surface area (Å²) in [7, 11) is 0. The van der Waals surface area contributed by atoms with Crippen LogP contribution in [-0.4, -0.2) is 30.2 Å². The highest BCUT2D eigenvalue weighted by Gasteiger charge is 2.69. The molecule has 1 aliphatic heterocycles. The van der Waals surface area contributed by atoms with E-state index in [1.807, 2.05) is 0 Å². The number of piperidine rings is 1. The first-order valence-corrected chi connectivity index (χ1v) is 7.64. The molecule has 0 aromatic rings. The summed E-state index contributed by atoms with van der Waals surface area (Å²) < 4.78 is 5.14. The van der Waals surface area contributed by atoms with E-state index in [9.17, 15) is 19.2 Å². The van der Waals surface area contributed by atoms with Gasteiger partial charge in [-0.25, -0.2) is 0 Å². The number of nitrogens with one attached hydrogen (secondary N) is 1. The molecular weight excluding hydrogens is 286 g/mol. The summed E-state index contributed by atoms with van der Waals surface area (Å²) in [5, 5.41) is 2.37. The van der Waals surface area contributed by atoms with Crippen molar-refractivity contribution in [3.05, 3.63) is 11.6 Å². The smallest absolute Gasteiger partial charge is 0.322 e. The number of esters is 1. The van der Waals surface area contributed by atoms with Crippen LogP contribution in [0.4, 0.5) is 0 Å². The fraction of sp³-hybridized carbons (Fsp3) is 0.625. The van der Waals surface area contributed by atoms with Crippen LogP contribution in [0.2, 0.25) is 0 Å². The van der Waals surface area contributed by atoms with Crippen molar-refractivity contribution in [2.45, 2.75) is 39.5 Å². The summed E-state index contributed by atoms with van der Waals surface area (Å²) >= 11 is 0. The third kappa shape index (κ3) is 1.61. The molecule has 2 aliphatic carbocycles.